The van der Waals surface area contributed by atoms with Gasteiger partial charge in [-0.1, -0.05) is 102 Å². The van der Waals surface area contributed by atoms with Crippen LogP contribution in [0.3, 0.4) is 0 Å². The van der Waals surface area contributed by atoms with Crippen molar-refractivity contribution in [2.24, 2.45) is 0 Å². The van der Waals surface area contributed by atoms with Crippen LogP contribution in [-0.2, 0) is 10.8 Å². The number of benzene rings is 8. The van der Waals surface area contributed by atoms with Crippen LogP contribution in [-0.4, -0.2) is 11.3 Å². The third-order valence-corrected chi connectivity index (χ3v) is 14.0. The number of fused-ring (bicyclic) bond motifs is 17. The average Bonchev–Trinajstić information content (AvgIpc) is 4.02. The highest BCUT2D eigenvalue weighted by molar-refractivity contribution is 6.90. The molecule has 0 fully saturated rings. The summed E-state index contributed by atoms with van der Waals surface area (Å²) in [6, 6.07) is 51.2. The first-order chi connectivity index (χ1) is 30.0. The van der Waals surface area contributed by atoms with Crippen LogP contribution in [0.2, 0.25) is 0 Å². The minimum Gasteiger partial charge on any atom is -0.456 e. The van der Waals surface area contributed by atoms with Crippen molar-refractivity contribution in [3.05, 3.63) is 151 Å². The van der Waals surface area contributed by atoms with Crippen molar-refractivity contribution in [1.82, 2.24) is 4.48 Å². The SMILES string of the molecule is CC(C)(C)c1ccc2c(c1)c1cc(C(C)(C)C)cc3c1n2B1c2cc4oc5ccccc5c4cc2N(c2ccc4oc5ccccc5c4c2)c2c1c-3cc1c2oc2ccccc21. The van der Waals surface area contributed by atoms with E-state index in [4.69, 9.17) is 13.3 Å². The van der Waals surface area contributed by atoms with Gasteiger partial charge < -0.3 is 22.6 Å². The van der Waals surface area contributed by atoms with Gasteiger partial charge in [0.05, 0.1) is 5.69 Å². The van der Waals surface area contributed by atoms with Crippen LogP contribution in [0.4, 0.5) is 17.1 Å². The topological polar surface area (TPSA) is 47.6 Å². The molecule has 0 saturated carbocycles. The van der Waals surface area contributed by atoms with Crippen molar-refractivity contribution in [3.8, 4) is 11.1 Å². The molecule has 0 N–H and O–H groups in total. The number of aromatic nitrogens is 1. The van der Waals surface area contributed by atoms with E-state index < -0.39 is 0 Å². The maximum atomic E-state index is 7.15. The van der Waals surface area contributed by atoms with Gasteiger partial charge >= 0.3 is 6.85 Å². The molecule has 6 heterocycles. The molecule has 296 valence electrons. The molecule has 5 nitrogen and oxygen atoms in total. The van der Waals surface area contributed by atoms with E-state index in [-0.39, 0.29) is 17.7 Å². The lowest BCUT2D eigenvalue weighted by Crippen LogP contribution is -2.56. The summed E-state index contributed by atoms with van der Waals surface area (Å²) in [7, 11) is 0. The predicted molar refractivity (Wildman–Crippen MR) is 259 cm³/mol. The minimum atomic E-state index is -0.187. The normalized spacial score (nSPS) is 13.9. The summed E-state index contributed by atoms with van der Waals surface area (Å²) in [6.07, 6.45) is 0. The van der Waals surface area contributed by atoms with Crippen molar-refractivity contribution in [2.45, 2.75) is 52.4 Å². The van der Waals surface area contributed by atoms with Crippen molar-refractivity contribution in [2.75, 3.05) is 4.90 Å². The molecular weight excluding hydrogens is 759 g/mol. The van der Waals surface area contributed by atoms with Gasteiger partial charge in [-0.15, -0.1) is 0 Å². The van der Waals surface area contributed by atoms with Crippen LogP contribution in [0.15, 0.2) is 153 Å². The van der Waals surface area contributed by atoms with Crippen LogP contribution in [0, 0.1) is 0 Å². The fourth-order valence-electron chi connectivity index (χ4n) is 11.0. The summed E-state index contributed by atoms with van der Waals surface area (Å²) in [5.74, 6) is 0. The molecule has 6 heteroatoms. The monoisotopic (exact) mass is 800 g/mol. The molecule has 4 aromatic heterocycles. The Balaban J connectivity index is 1.21. The summed E-state index contributed by atoms with van der Waals surface area (Å²) in [4.78, 5) is 2.48. The van der Waals surface area contributed by atoms with Gasteiger partial charge in [-0.2, -0.15) is 0 Å². The Hall–Kier alpha value is -7.18. The number of para-hydroxylation sites is 3. The smallest absolute Gasteiger partial charge is 0.333 e. The van der Waals surface area contributed by atoms with Gasteiger partial charge in [0.15, 0.2) is 5.58 Å². The quantitative estimate of drug-likeness (QED) is 0.155. The maximum Gasteiger partial charge on any atom is 0.333 e. The lowest BCUT2D eigenvalue weighted by molar-refractivity contribution is 0.590. The minimum absolute atomic E-state index is 0.0127. The molecule has 2 aliphatic rings. The van der Waals surface area contributed by atoms with Crippen LogP contribution >= 0.6 is 0 Å². The van der Waals surface area contributed by atoms with Gasteiger partial charge in [-0.3, -0.25) is 0 Å². The summed E-state index contributed by atoms with van der Waals surface area (Å²) < 4.78 is 23.0. The highest BCUT2D eigenvalue weighted by atomic mass is 16.3. The van der Waals surface area contributed by atoms with Crippen LogP contribution in [0.5, 0.6) is 0 Å². The van der Waals surface area contributed by atoms with Crippen molar-refractivity contribution < 1.29 is 13.3 Å². The number of anilines is 3. The molecule has 8 aromatic carbocycles. The standard InChI is InChI=1S/C56H41BN2O3/c1-55(2,3)30-19-21-44-36(23-30)40-24-31(56(4,5)6)25-41-39-27-42-35-15-9-12-18-48(35)62-54(42)53-51(39)57(59(44)52(40)41)43-29-50-38(34-14-8-11-17-47(34)61-50)28-45(43)58(53)32-20-22-49-37(26-32)33-13-7-10-16-46(33)60-49/h7-29H,1-6H3. The first-order valence-electron chi connectivity index (χ1n) is 21.8. The fraction of sp³-hybridized carbons (Fsp3) is 0.143. The number of nitrogens with zero attached hydrogens (tertiary/aromatic N) is 2. The second kappa shape index (κ2) is 11.4. The van der Waals surface area contributed by atoms with Crippen molar-refractivity contribution >= 4 is 122 Å². The predicted octanol–water partition coefficient (Wildman–Crippen LogP) is 14.5. The van der Waals surface area contributed by atoms with Gasteiger partial charge in [0.1, 0.15) is 27.9 Å². The van der Waals surface area contributed by atoms with E-state index in [1.165, 1.54) is 55.0 Å². The third kappa shape index (κ3) is 4.39. The molecular formula is C56H41BN2O3. The van der Waals surface area contributed by atoms with E-state index in [1.807, 2.05) is 6.07 Å². The Kier molecular flexibility index (Phi) is 6.34. The summed E-state index contributed by atoms with van der Waals surface area (Å²) in [6.45, 7) is 13.8. The lowest BCUT2D eigenvalue weighted by atomic mass is 9.45. The molecule has 0 bridgehead atoms. The Morgan fingerprint density at radius 1 is 0.452 bits per heavy atom. The molecule has 0 radical (unpaired) electrons. The number of hydrogen-bond donors (Lipinski definition) is 0. The van der Waals surface area contributed by atoms with Gasteiger partial charge in [-0.25, -0.2) is 0 Å². The highest BCUT2D eigenvalue weighted by Gasteiger charge is 2.45. The van der Waals surface area contributed by atoms with E-state index in [2.05, 4.69) is 184 Å². The second-order valence-corrected chi connectivity index (χ2v) is 19.7. The molecule has 0 amide bonds. The van der Waals surface area contributed by atoms with Crippen LogP contribution in [0.25, 0.3) is 98.7 Å². The molecule has 0 spiro atoms. The number of rotatable bonds is 1. The molecule has 0 saturated heterocycles. The van der Waals surface area contributed by atoms with Crippen molar-refractivity contribution in [3.63, 3.8) is 0 Å². The van der Waals surface area contributed by atoms with Crippen LogP contribution in [0.1, 0.15) is 52.7 Å². The molecule has 0 unspecified atom stereocenters. The number of furan rings is 3. The Morgan fingerprint density at radius 2 is 1.06 bits per heavy atom. The fourth-order valence-corrected chi connectivity index (χ4v) is 11.0. The zero-order chi connectivity index (χ0) is 41.6. The van der Waals surface area contributed by atoms with E-state index in [0.717, 1.165) is 82.9 Å². The van der Waals surface area contributed by atoms with Gasteiger partial charge in [-0.05, 0) is 117 Å². The average molecular weight is 801 g/mol. The number of hydrogen-bond acceptors (Lipinski definition) is 4. The molecule has 0 atom stereocenters. The van der Waals surface area contributed by atoms with Crippen molar-refractivity contribution in [1.29, 1.82) is 0 Å². The van der Waals surface area contributed by atoms with E-state index in [9.17, 15) is 0 Å². The lowest BCUT2D eigenvalue weighted by Gasteiger charge is -2.40. The first kappa shape index (κ1) is 34.5. The Morgan fingerprint density at radius 3 is 1.77 bits per heavy atom. The van der Waals surface area contributed by atoms with Gasteiger partial charge in [0, 0.05) is 71.1 Å². The molecule has 62 heavy (non-hydrogen) atoms. The molecule has 0 aliphatic carbocycles. The van der Waals surface area contributed by atoms with Gasteiger partial charge in [0.2, 0.25) is 0 Å². The summed E-state index contributed by atoms with van der Waals surface area (Å²) in [5, 5.41) is 9.17. The Labute approximate surface area is 357 Å². The van der Waals surface area contributed by atoms with E-state index >= 15 is 0 Å². The Bertz CT molecular complexity index is 3970. The zero-order valence-electron chi connectivity index (χ0n) is 35.5. The highest BCUT2D eigenvalue weighted by Crippen LogP contribution is 2.52. The molecule has 12 aromatic rings. The summed E-state index contributed by atoms with van der Waals surface area (Å²) in [5.41, 5.74) is 18.4. The first-order valence-corrected chi connectivity index (χ1v) is 21.8. The molecule has 14 rings (SSSR count). The van der Waals surface area contributed by atoms with Crippen LogP contribution < -0.4 is 15.8 Å². The molecule has 2 aliphatic heterocycles. The zero-order valence-corrected chi connectivity index (χ0v) is 35.5. The third-order valence-electron chi connectivity index (χ3n) is 14.0. The maximum absolute atomic E-state index is 7.15. The van der Waals surface area contributed by atoms with E-state index in [0.29, 0.717) is 0 Å². The second-order valence-electron chi connectivity index (χ2n) is 19.7. The van der Waals surface area contributed by atoms with E-state index in [1.54, 1.807) is 0 Å². The summed E-state index contributed by atoms with van der Waals surface area (Å²) >= 11 is 0. The van der Waals surface area contributed by atoms with Gasteiger partial charge in [0.25, 0.3) is 0 Å². The largest absolute Gasteiger partial charge is 0.456 e.